The van der Waals surface area contributed by atoms with Crippen molar-refractivity contribution in [2.75, 3.05) is 31.5 Å². The molecule has 3 aromatic rings. The fourth-order valence-electron chi connectivity index (χ4n) is 3.17. The molecule has 200 valence electrons. The third kappa shape index (κ3) is 7.45. The van der Waals surface area contributed by atoms with E-state index in [1.54, 1.807) is 50.4 Å². The maximum Gasteiger partial charge on any atom is 0.451 e. The van der Waals surface area contributed by atoms with Crippen LogP contribution >= 0.6 is 0 Å². The van der Waals surface area contributed by atoms with Crippen molar-refractivity contribution in [1.82, 2.24) is 19.7 Å². The Hall–Kier alpha value is -3.12. The molecule has 0 bridgehead atoms. The summed E-state index contributed by atoms with van der Waals surface area (Å²) < 4.78 is 52.2. The van der Waals surface area contributed by atoms with E-state index in [9.17, 15) is 23.1 Å². The maximum atomic E-state index is 13.5. The van der Waals surface area contributed by atoms with Crippen LogP contribution in [0.1, 0.15) is 25.2 Å². The van der Waals surface area contributed by atoms with Crippen molar-refractivity contribution in [2.45, 2.75) is 33.7 Å². The Morgan fingerprint density at radius 3 is 2.35 bits per heavy atom. The zero-order valence-corrected chi connectivity index (χ0v) is 22.1. The predicted octanol–water partition coefficient (Wildman–Crippen LogP) is 4.68. The lowest BCUT2D eigenvalue weighted by Crippen LogP contribution is -2.30. The van der Waals surface area contributed by atoms with E-state index in [-0.39, 0.29) is 30.1 Å². The number of carboxylic acids is 1. The Bertz CT molecular complexity index is 1230. The standard InChI is InChI=1S/C25H29F3N4O4S/c1-16-12-20(36-14-24(2,3)23(33)34)29-13-19(16)17-6-8-18(9-7-17)21-30-22(25(26,27)28)32(31-21)15-35-10-11-37(4)5/h6-9,12-13H,10-11,14-15H2,1-5H3/p+1. The first-order valence-corrected chi connectivity index (χ1v) is 13.6. The van der Waals surface area contributed by atoms with Crippen LogP contribution in [0.4, 0.5) is 13.2 Å². The van der Waals surface area contributed by atoms with Gasteiger partial charge in [-0.2, -0.15) is 13.2 Å². The molecule has 0 atom stereocenters. The molecule has 0 fully saturated rings. The number of halogens is 3. The van der Waals surface area contributed by atoms with Crippen LogP contribution in [0.25, 0.3) is 22.5 Å². The van der Waals surface area contributed by atoms with Gasteiger partial charge in [0.15, 0.2) is 5.82 Å². The van der Waals surface area contributed by atoms with Crippen LogP contribution in [-0.4, -0.2) is 62.3 Å². The van der Waals surface area contributed by atoms with Gasteiger partial charge in [0.1, 0.15) is 19.1 Å². The van der Waals surface area contributed by atoms with E-state index in [4.69, 9.17) is 9.47 Å². The van der Waals surface area contributed by atoms with E-state index in [0.29, 0.717) is 18.1 Å². The van der Waals surface area contributed by atoms with E-state index in [1.807, 2.05) is 19.4 Å². The van der Waals surface area contributed by atoms with Gasteiger partial charge in [0.2, 0.25) is 11.7 Å². The lowest BCUT2D eigenvalue weighted by molar-refractivity contribution is -0.150. The molecule has 37 heavy (non-hydrogen) atoms. The maximum absolute atomic E-state index is 13.5. The number of aromatic nitrogens is 4. The molecule has 1 aromatic carbocycles. The summed E-state index contributed by atoms with van der Waals surface area (Å²) in [6, 6.07) is 8.51. The van der Waals surface area contributed by atoms with Crippen molar-refractivity contribution in [3.05, 3.63) is 47.9 Å². The minimum absolute atomic E-state index is 0.0362. The van der Waals surface area contributed by atoms with E-state index in [0.717, 1.165) is 27.1 Å². The Morgan fingerprint density at radius 2 is 1.78 bits per heavy atom. The molecular formula is C25H30F3N4O4S+. The molecule has 0 unspecified atom stereocenters. The topological polar surface area (TPSA) is 99.4 Å². The summed E-state index contributed by atoms with van der Waals surface area (Å²) in [6.07, 6.45) is 1.01. The highest BCUT2D eigenvalue weighted by atomic mass is 32.2. The van der Waals surface area contributed by atoms with Crippen LogP contribution in [0, 0.1) is 12.3 Å². The lowest BCUT2D eigenvalue weighted by atomic mass is 9.95. The normalized spacial score (nSPS) is 12.2. The van der Waals surface area contributed by atoms with E-state index in [2.05, 4.69) is 15.1 Å². The first-order valence-electron chi connectivity index (χ1n) is 11.4. The Morgan fingerprint density at radius 1 is 1.14 bits per heavy atom. The van der Waals surface area contributed by atoms with E-state index >= 15 is 0 Å². The first kappa shape index (κ1) is 28.5. The third-order valence-corrected chi connectivity index (χ3v) is 6.46. The van der Waals surface area contributed by atoms with Crippen molar-refractivity contribution < 1.29 is 32.5 Å². The number of hydrogen-bond donors (Lipinski definition) is 1. The predicted molar refractivity (Wildman–Crippen MR) is 135 cm³/mol. The van der Waals surface area contributed by atoms with Crippen LogP contribution in [0.3, 0.4) is 0 Å². The molecule has 1 N–H and O–H groups in total. The van der Waals surface area contributed by atoms with Gasteiger partial charge in [-0.3, -0.25) is 4.79 Å². The van der Waals surface area contributed by atoms with Crippen LogP contribution < -0.4 is 4.74 Å². The molecule has 0 saturated heterocycles. The molecule has 3 rings (SSSR count). The summed E-state index contributed by atoms with van der Waals surface area (Å²) in [7, 11) is 0.126. The van der Waals surface area contributed by atoms with Crippen LogP contribution in [0.5, 0.6) is 5.88 Å². The van der Waals surface area contributed by atoms with Gasteiger partial charge in [-0.25, -0.2) is 14.6 Å². The SMILES string of the molecule is Cc1cc(OCC(C)(C)C(=O)O)ncc1-c1ccc(-c2nc(C(F)(F)F)n(COCC[S+](C)C)n2)cc1. The Balaban J connectivity index is 1.77. The van der Waals surface area contributed by atoms with Crippen molar-refractivity contribution in [1.29, 1.82) is 0 Å². The molecule has 8 nitrogen and oxygen atoms in total. The second kappa shape index (κ2) is 11.5. The van der Waals surface area contributed by atoms with Crippen molar-refractivity contribution in [3.8, 4) is 28.4 Å². The quantitative estimate of drug-likeness (QED) is 0.279. The van der Waals surface area contributed by atoms with Crippen molar-refractivity contribution in [2.24, 2.45) is 5.41 Å². The molecule has 0 aliphatic heterocycles. The van der Waals surface area contributed by atoms with Gasteiger partial charge < -0.3 is 14.6 Å². The van der Waals surface area contributed by atoms with Gasteiger partial charge in [-0.15, -0.1) is 5.10 Å². The minimum atomic E-state index is -4.67. The zero-order chi connectivity index (χ0) is 27.4. The second-order valence-electron chi connectivity index (χ2n) is 9.38. The van der Waals surface area contributed by atoms with Crippen LogP contribution in [0.15, 0.2) is 36.5 Å². The molecule has 12 heteroatoms. The summed E-state index contributed by atoms with van der Waals surface area (Å²) in [6.45, 7) is 4.96. The number of carbonyl (C=O) groups is 1. The monoisotopic (exact) mass is 539 g/mol. The molecule has 2 aromatic heterocycles. The van der Waals surface area contributed by atoms with Crippen molar-refractivity contribution >= 4 is 16.9 Å². The summed E-state index contributed by atoms with van der Waals surface area (Å²) in [5, 5.41) is 13.3. The highest BCUT2D eigenvalue weighted by Gasteiger charge is 2.38. The number of carboxylic acid groups (broad SMARTS) is 1. The van der Waals surface area contributed by atoms with Gasteiger partial charge in [-0.05, 0) is 42.8 Å². The second-order valence-corrected chi connectivity index (χ2v) is 11.8. The first-order chi connectivity index (χ1) is 17.3. The number of hydrogen-bond acceptors (Lipinski definition) is 6. The van der Waals surface area contributed by atoms with E-state index < -0.39 is 23.4 Å². The largest absolute Gasteiger partial charge is 0.481 e. The highest BCUT2D eigenvalue weighted by molar-refractivity contribution is 7.95. The number of nitrogens with zero attached hydrogens (tertiary/aromatic N) is 4. The molecule has 0 radical (unpaired) electrons. The number of alkyl halides is 3. The molecular weight excluding hydrogens is 509 g/mol. The number of aryl methyl sites for hydroxylation is 1. The fourth-order valence-corrected chi connectivity index (χ4v) is 3.62. The molecule has 0 saturated carbocycles. The van der Waals surface area contributed by atoms with Gasteiger partial charge in [0.25, 0.3) is 0 Å². The average molecular weight is 540 g/mol. The summed E-state index contributed by atoms with van der Waals surface area (Å²) in [5.74, 6) is -1.07. The zero-order valence-electron chi connectivity index (χ0n) is 21.3. The summed E-state index contributed by atoms with van der Waals surface area (Å²) in [5.41, 5.74) is 1.80. The third-order valence-electron chi connectivity index (χ3n) is 5.47. The number of aliphatic carboxylic acids is 1. The molecule has 0 aliphatic rings. The van der Waals surface area contributed by atoms with Crippen LogP contribution in [0.2, 0.25) is 0 Å². The van der Waals surface area contributed by atoms with Crippen LogP contribution in [-0.2, 0) is 33.3 Å². The number of benzene rings is 1. The number of pyridine rings is 1. The summed E-state index contributed by atoms with van der Waals surface area (Å²) >= 11 is 0. The summed E-state index contributed by atoms with van der Waals surface area (Å²) in [4.78, 5) is 19.2. The number of rotatable bonds is 11. The fraction of sp³-hybridized carbons (Fsp3) is 0.440. The van der Waals surface area contributed by atoms with Gasteiger partial charge in [0, 0.05) is 23.4 Å². The highest BCUT2D eigenvalue weighted by Crippen LogP contribution is 2.31. The number of ether oxygens (including phenoxy) is 2. The van der Waals surface area contributed by atoms with Gasteiger partial charge >= 0.3 is 12.1 Å². The van der Waals surface area contributed by atoms with Gasteiger partial charge in [-0.1, -0.05) is 24.3 Å². The van der Waals surface area contributed by atoms with Crippen molar-refractivity contribution in [3.63, 3.8) is 0 Å². The molecule has 0 amide bonds. The van der Waals surface area contributed by atoms with E-state index in [1.165, 1.54) is 0 Å². The smallest absolute Gasteiger partial charge is 0.451 e. The minimum Gasteiger partial charge on any atom is -0.481 e. The molecule has 0 spiro atoms. The van der Waals surface area contributed by atoms with Gasteiger partial charge in [0.05, 0.1) is 24.5 Å². The lowest BCUT2D eigenvalue weighted by Gasteiger charge is -2.19. The average Bonchev–Trinajstić information content (AvgIpc) is 3.25. The molecule has 0 aliphatic carbocycles. The Labute approximate surface area is 216 Å². The molecule has 2 heterocycles. The Kier molecular flexibility index (Phi) is 8.85.